The average Bonchev–Trinajstić information content (AvgIpc) is 2.74. The predicted octanol–water partition coefficient (Wildman–Crippen LogP) is 2.77. The van der Waals surface area contributed by atoms with Crippen LogP contribution in [0.2, 0.25) is 10.0 Å². The standard InChI is InChI=1S/C10H10Cl2N4/c11-7-5-8(12)10(16-6-7)15-2-1-9-13-3-4-14-9/h3-6H,1-2H2,(H,13,14)(H,15,16). The van der Waals surface area contributed by atoms with Gasteiger partial charge in [0.1, 0.15) is 11.6 Å². The second-order valence-corrected chi connectivity index (χ2v) is 4.04. The maximum Gasteiger partial charge on any atom is 0.144 e. The lowest BCUT2D eigenvalue weighted by Crippen LogP contribution is -2.07. The molecule has 2 rings (SSSR count). The van der Waals surface area contributed by atoms with Crippen molar-refractivity contribution in [3.63, 3.8) is 0 Å². The molecule has 4 nitrogen and oxygen atoms in total. The molecule has 6 heteroatoms. The summed E-state index contributed by atoms with van der Waals surface area (Å²) < 4.78 is 0. The molecule has 0 saturated heterocycles. The number of anilines is 1. The second kappa shape index (κ2) is 5.18. The van der Waals surface area contributed by atoms with Gasteiger partial charge < -0.3 is 10.3 Å². The number of imidazole rings is 1. The number of hydrogen-bond acceptors (Lipinski definition) is 3. The monoisotopic (exact) mass is 256 g/mol. The molecule has 0 atom stereocenters. The van der Waals surface area contributed by atoms with Gasteiger partial charge in [0, 0.05) is 31.6 Å². The van der Waals surface area contributed by atoms with Gasteiger partial charge in [-0.25, -0.2) is 9.97 Å². The van der Waals surface area contributed by atoms with Crippen molar-refractivity contribution in [2.45, 2.75) is 6.42 Å². The van der Waals surface area contributed by atoms with Crippen LogP contribution >= 0.6 is 23.2 Å². The van der Waals surface area contributed by atoms with Crippen LogP contribution in [0.5, 0.6) is 0 Å². The van der Waals surface area contributed by atoms with E-state index in [0.29, 0.717) is 22.4 Å². The Bertz CT molecular complexity index is 456. The van der Waals surface area contributed by atoms with E-state index in [1.54, 1.807) is 24.7 Å². The molecular formula is C10H10Cl2N4. The van der Waals surface area contributed by atoms with Crippen LogP contribution in [0.25, 0.3) is 0 Å². The summed E-state index contributed by atoms with van der Waals surface area (Å²) in [5.74, 6) is 1.57. The molecule has 0 aromatic carbocycles. The van der Waals surface area contributed by atoms with Gasteiger partial charge in [0.25, 0.3) is 0 Å². The molecule has 2 heterocycles. The Balaban J connectivity index is 1.90. The van der Waals surface area contributed by atoms with Gasteiger partial charge in [0.15, 0.2) is 0 Å². The molecule has 2 aromatic heterocycles. The Morgan fingerprint density at radius 1 is 1.31 bits per heavy atom. The molecule has 2 aromatic rings. The first-order chi connectivity index (χ1) is 7.75. The lowest BCUT2D eigenvalue weighted by Gasteiger charge is -2.06. The zero-order valence-corrected chi connectivity index (χ0v) is 9.89. The minimum atomic E-state index is 0.520. The fourth-order valence-electron chi connectivity index (χ4n) is 1.28. The third-order valence-corrected chi connectivity index (χ3v) is 2.51. The smallest absolute Gasteiger partial charge is 0.144 e. The maximum atomic E-state index is 5.96. The number of hydrogen-bond donors (Lipinski definition) is 2. The van der Waals surface area contributed by atoms with Gasteiger partial charge in [-0.05, 0) is 6.07 Å². The van der Waals surface area contributed by atoms with E-state index in [9.17, 15) is 0 Å². The Labute approximate surface area is 103 Å². The summed E-state index contributed by atoms with van der Waals surface area (Å²) in [7, 11) is 0. The number of H-pyrrole nitrogens is 1. The molecule has 2 N–H and O–H groups in total. The molecule has 0 saturated carbocycles. The first-order valence-electron chi connectivity index (χ1n) is 4.79. The normalized spacial score (nSPS) is 10.4. The Kier molecular flexibility index (Phi) is 3.64. The van der Waals surface area contributed by atoms with Gasteiger partial charge in [0.05, 0.1) is 10.0 Å². The lowest BCUT2D eigenvalue weighted by atomic mass is 10.4. The highest BCUT2D eigenvalue weighted by Crippen LogP contribution is 2.22. The number of pyridine rings is 1. The molecule has 0 aliphatic carbocycles. The van der Waals surface area contributed by atoms with Crippen LogP contribution in [-0.4, -0.2) is 21.5 Å². The summed E-state index contributed by atoms with van der Waals surface area (Å²) >= 11 is 11.7. The second-order valence-electron chi connectivity index (χ2n) is 3.20. The van der Waals surface area contributed by atoms with E-state index in [1.165, 1.54) is 0 Å². The summed E-state index contributed by atoms with van der Waals surface area (Å²) in [6, 6.07) is 1.66. The summed E-state index contributed by atoms with van der Waals surface area (Å²) in [5, 5.41) is 4.17. The molecule has 0 unspecified atom stereocenters. The van der Waals surface area contributed by atoms with E-state index in [1.807, 2.05) is 0 Å². The third kappa shape index (κ3) is 2.87. The van der Waals surface area contributed by atoms with E-state index < -0.39 is 0 Å². The van der Waals surface area contributed by atoms with Crippen molar-refractivity contribution in [3.05, 3.63) is 40.5 Å². The number of nitrogens with one attached hydrogen (secondary N) is 2. The van der Waals surface area contributed by atoms with Crippen LogP contribution in [0.1, 0.15) is 5.82 Å². The number of rotatable bonds is 4. The molecule has 0 bridgehead atoms. The molecule has 16 heavy (non-hydrogen) atoms. The number of aromatic nitrogens is 3. The van der Waals surface area contributed by atoms with Gasteiger partial charge in [-0.3, -0.25) is 0 Å². The van der Waals surface area contributed by atoms with Crippen LogP contribution in [-0.2, 0) is 6.42 Å². The van der Waals surface area contributed by atoms with Gasteiger partial charge in [0.2, 0.25) is 0 Å². The van der Waals surface area contributed by atoms with E-state index in [4.69, 9.17) is 23.2 Å². The number of nitrogens with zero attached hydrogens (tertiary/aromatic N) is 2. The van der Waals surface area contributed by atoms with E-state index in [-0.39, 0.29) is 0 Å². The fraction of sp³-hybridized carbons (Fsp3) is 0.200. The maximum absolute atomic E-state index is 5.96. The van der Waals surface area contributed by atoms with Crippen LogP contribution in [0.4, 0.5) is 5.82 Å². The predicted molar refractivity (Wildman–Crippen MR) is 65.0 cm³/mol. The first kappa shape index (κ1) is 11.2. The summed E-state index contributed by atoms with van der Waals surface area (Å²) in [4.78, 5) is 11.2. The summed E-state index contributed by atoms with van der Waals surface area (Å²) in [6.45, 7) is 0.710. The molecule has 0 amide bonds. The summed E-state index contributed by atoms with van der Waals surface area (Å²) in [6.07, 6.45) is 5.86. The molecule has 0 radical (unpaired) electrons. The van der Waals surface area contributed by atoms with Gasteiger partial charge in [-0.2, -0.15) is 0 Å². The highest BCUT2D eigenvalue weighted by Gasteiger charge is 2.02. The molecule has 0 fully saturated rings. The van der Waals surface area contributed by atoms with Gasteiger partial charge in [-0.1, -0.05) is 23.2 Å². The van der Waals surface area contributed by atoms with E-state index in [2.05, 4.69) is 20.3 Å². The van der Waals surface area contributed by atoms with Crippen molar-refractivity contribution in [3.8, 4) is 0 Å². The largest absolute Gasteiger partial charge is 0.368 e. The topological polar surface area (TPSA) is 53.6 Å². The zero-order chi connectivity index (χ0) is 11.4. The van der Waals surface area contributed by atoms with Crippen LogP contribution in [0, 0.1) is 0 Å². The number of aromatic amines is 1. The molecule has 0 aliphatic rings. The Morgan fingerprint density at radius 3 is 2.88 bits per heavy atom. The molecule has 0 spiro atoms. The highest BCUT2D eigenvalue weighted by atomic mass is 35.5. The fourth-order valence-corrected chi connectivity index (χ4v) is 1.73. The van der Waals surface area contributed by atoms with Crippen molar-refractivity contribution in [2.75, 3.05) is 11.9 Å². The van der Waals surface area contributed by atoms with Crippen molar-refractivity contribution >= 4 is 29.0 Å². The molecule has 84 valence electrons. The van der Waals surface area contributed by atoms with E-state index >= 15 is 0 Å². The van der Waals surface area contributed by atoms with Crippen molar-refractivity contribution in [2.24, 2.45) is 0 Å². The zero-order valence-electron chi connectivity index (χ0n) is 8.37. The third-order valence-electron chi connectivity index (χ3n) is 2.02. The van der Waals surface area contributed by atoms with Crippen molar-refractivity contribution in [1.29, 1.82) is 0 Å². The SMILES string of the molecule is Clc1cnc(NCCc2ncc[nH]2)c(Cl)c1. The Morgan fingerprint density at radius 2 is 2.19 bits per heavy atom. The lowest BCUT2D eigenvalue weighted by molar-refractivity contribution is 0.922. The van der Waals surface area contributed by atoms with Gasteiger partial charge in [-0.15, -0.1) is 0 Å². The molecular weight excluding hydrogens is 247 g/mol. The highest BCUT2D eigenvalue weighted by molar-refractivity contribution is 6.35. The van der Waals surface area contributed by atoms with Crippen molar-refractivity contribution < 1.29 is 0 Å². The quantitative estimate of drug-likeness (QED) is 0.885. The summed E-state index contributed by atoms with van der Waals surface area (Å²) in [5.41, 5.74) is 0. The Hall–Kier alpha value is -1.26. The minimum Gasteiger partial charge on any atom is -0.368 e. The van der Waals surface area contributed by atoms with Gasteiger partial charge >= 0.3 is 0 Å². The average molecular weight is 257 g/mol. The van der Waals surface area contributed by atoms with Crippen molar-refractivity contribution in [1.82, 2.24) is 15.0 Å². The number of halogens is 2. The van der Waals surface area contributed by atoms with E-state index in [0.717, 1.165) is 12.2 Å². The first-order valence-corrected chi connectivity index (χ1v) is 5.54. The minimum absolute atomic E-state index is 0.520. The van der Waals surface area contributed by atoms with Crippen LogP contribution < -0.4 is 5.32 Å². The van der Waals surface area contributed by atoms with Crippen LogP contribution in [0.15, 0.2) is 24.7 Å². The van der Waals surface area contributed by atoms with Crippen LogP contribution in [0.3, 0.4) is 0 Å². The molecule has 0 aliphatic heterocycles.